The molecule has 2 rings (SSSR count). The number of amides is 1. The first-order valence-corrected chi connectivity index (χ1v) is 9.42. The van der Waals surface area contributed by atoms with Crippen molar-refractivity contribution < 1.29 is 14.5 Å². The van der Waals surface area contributed by atoms with E-state index >= 15 is 0 Å². The van der Waals surface area contributed by atoms with Gasteiger partial charge in [0.2, 0.25) is 0 Å². The van der Waals surface area contributed by atoms with Crippen LogP contribution in [0.3, 0.4) is 0 Å². The Morgan fingerprint density at radius 1 is 1.21 bits per heavy atom. The van der Waals surface area contributed by atoms with E-state index in [9.17, 15) is 14.9 Å². The zero-order valence-electron chi connectivity index (χ0n) is 15.9. The summed E-state index contributed by atoms with van der Waals surface area (Å²) < 4.78 is 5.71. The molecule has 0 bridgehead atoms. The Morgan fingerprint density at radius 3 is 2.68 bits per heavy atom. The van der Waals surface area contributed by atoms with Crippen molar-refractivity contribution in [2.45, 2.75) is 33.1 Å². The third-order valence-electron chi connectivity index (χ3n) is 3.96. The molecule has 0 aliphatic heterocycles. The number of ether oxygens (including phenoxy) is 1. The third kappa shape index (κ3) is 6.02. The molecule has 0 saturated heterocycles. The summed E-state index contributed by atoms with van der Waals surface area (Å²) in [6, 6.07) is 11.6. The molecular weight excluding hydrogens is 378 g/mol. The number of carbonyl (C=O) groups is 1. The van der Waals surface area contributed by atoms with E-state index in [0.29, 0.717) is 17.9 Å². The number of nitrogens with one attached hydrogen (secondary N) is 2. The van der Waals surface area contributed by atoms with Gasteiger partial charge in [0.15, 0.2) is 5.11 Å². The number of thiocarbonyl (C=S) groups is 1. The van der Waals surface area contributed by atoms with Gasteiger partial charge in [0, 0.05) is 6.07 Å². The molecular formula is C20H23N3O4S. The molecule has 2 aromatic carbocycles. The topological polar surface area (TPSA) is 93.5 Å². The fourth-order valence-corrected chi connectivity index (χ4v) is 2.74. The van der Waals surface area contributed by atoms with Crippen LogP contribution in [-0.4, -0.2) is 22.5 Å². The number of para-hydroxylation sites is 1. The van der Waals surface area contributed by atoms with Gasteiger partial charge in [-0.3, -0.25) is 20.2 Å². The molecule has 0 atom stereocenters. The molecule has 0 spiro atoms. The van der Waals surface area contributed by atoms with Gasteiger partial charge in [-0.2, -0.15) is 0 Å². The second-order valence-electron chi connectivity index (χ2n) is 6.24. The van der Waals surface area contributed by atoms with Crippen molar-refractivity contribution in [1.82, 2.24) is 5.32 Å². The average molecular weight is 401 g/mol. The second kappa shape index (κ2) is 10.4. The average Bonchev–Trinajstić information content (AvgIpc) is 2.66. The number of benzene rings is 2. The van der Waals surface area contributed by atoms with Crippen molar-refractivity contribution in [3.05, 3.63) is 63.7 Å². The smallest absolute Gasteiger partial charge is 0.292 e. The van der Waals surface area contributed by atoms with Crippen LogP contribution >= 0.6 is 12.2 Å². The highest BCUT2D eigenvalue weighted by atomic mass is 32.1. The fourth-order valence-electron chi connectivity index (χ4n) is 2.54. The van der Waals surface area contributed by atoms with E-state index in [2.05, 4.69) is 17.6 Å². The molecule has 0 aliphatic carbocycles. The molecule has 8 heteroatoms. The Labute approximate surface area is 169 Å². The molecule has 7 nitrogen and oxygen atoms in total. The molecule has 0 radical (unpaired) electrons. The normalized spacial score (nSPS) is 10.2. The highest BCUT2D eigenvalue weighted by Crippen LogP contribution is 2.25. The molecule has 0 unspecified atom stereocenters. The van der Waals surface area contributed by atoms with Crippen LogP contribution in [0, 0.1) is 17.0 Å². The van der Waals surface area contributed by atoms with Gasteiger partial charge in [-0.05, 0) is 49.3 Å². The number of anilines is 1. The molecule has 2 N–H and O–H groups in total. The molecule has 0 heterocycles. The van der Waals surface area contributed by atoms with Crippen molar-refractivity contribution in [2.24, 2.45) is 0 Å². The largest absolute Gasteiger partial charge is 0.493 e. The summed E-state index contributed by atoms with van der Waals surface area (Å²) in [4.78, 5) is 23.3. The Morgan fingerprint density at radius 2 is 1.96 bits per heavy atom. The van der Waals surface area contributed by atoms with Gasteiger partial charge in [0.1, 0.15) is 11.4 Å². The van der Waals surface area contributed by atoms with E-state index in [0.717, 1.165) is 24.8 Å². The van der Waals surface area contributed by atoms with Crippen LogP contribution in [0.1, 0.15) is 42.1 Å². The monoisotopic (exact) mass is 401 g/mol. The Kier molecular flexibility index (Phi) is 7.88. The highest BCUT2D eigenvalue weighted by molar-refractivity contribution is 7.80. The lowest BCUT2D eigenvalue weighted by Gasteiger charge is -2.13. The van der Waals surface area contributed by atoms with Crippen molar-refractivity contribution in [2.75, 3.05) is 11.9 Å². The summed E-state index contributed by atoms with van der Waals surface area (Å²) in [5.41, 5.74) is 1.20. The lowest BCUT2D eigenvalue weighted by atomic mass is 10.2. The van der Waals surface area contributed by atoms with Gasteiger partial charge in [-0.25, -0.2) is 0 Å². The van der Waals surface area contributed by atoms with Crippen LogP contribution in [0.4, 0.5) is 11.4 Å². The summed E-state index contributed by atoms with van der Waals surface area (Å²) in [5.74, 6) is 0.0265. The lowest BCUT2D eigenvalue weighted by Crippen LogP contribution is -2.34. The number of carbonyl (C=O) groups excluding carboxylic acids is 1. The zero-order valence-corrected chi connectivity index (χ0v) is 16.7. The molecule has 148 valence electrons. The van der Waals surface area contributed by atoms with Gasteiger partial charge in [-0.1, -0.05) is 38.0 Å². The van der Waals surface area contributed by atoms with Crippen molar-refractivity contribution in [3.8, 4) is 5.75 Å². The Balaban J connectivity index is 2.05. The molecule has 0 saturated carbocycles. The minimum Gasteiger partial charge on any atom is -0.493 e. The number of hydrogen-bond donors (Lipinski definition) is 2. The predicted molar refractivity (Wildman–Crippen MR) is 113 cm³/mol. The van der Waals surface area contributed by atoms with E-state index in [-0.39, 0.29) is 16.5 Å². The first-order valence-electron chi connectivity index (χ1n) is 9.01. The molecule has 0 aromatic heterocycles. The summed E-state index contributed by atoms with van der Waals surface area (Å²) >= 11 is 5.15. The minimum atomic E-state index is -0.501. The number of nitro benzene ring substituents is 1. The van der Waals surface area contributed by atoms with E-state index in [1.54, 1.807) is 43.3 Å². The predicted octanol–water partition coefficient (Wildman–Crippen LogP) is 4.60. The van der Waals surface area contributed by atoms with E-state index in [1.807, 2.05) is 0 Å². The Bertz CT molecular complexity index is 870. The number of aryl methyl sites for hydroxylation is 1. The van der Waals surface area contributed by atoms with Crippen molar-refractivity contribution in [3.63, 3.8) is 0 Å². The van der Waals surface area contributed by atoms with E-state index in [4.69, 9.17) is 17.0 Å². The number of nitro groups is 1. The summed E-state index contributed by atoms with van der Waals surface area (Å²) in [5, 5.41) is 16.4. The van der Waals surface area contributed by atoms with Gasteiger partial charge in [0.25, 0.3) is 11.6 Å². The van der Waals surface area contributed by atoms with Gasteiger partial charge in [0.05, 0.1) is 17.1 Å². The maximum absolute atomic E-state index is 12.6. The van der Waals surface area contributed by atoms with Crippen molar-refractivity contribution >= 4 is 34.6 Å². The summed E-state index contributed by atoms with van der Waals surface area (Å²) in [6.07, 6.45) is 3.04. The quantitative estimate of drug-likeness (QED) is 0.291. The number of rotatable bonds is 8. The van der Waals surface area contributed by atoms with E-state index in [1.165, 1.54) is 6.07 Å². The fraction of sp³-hybridized carbons (Fsp3) is 0.300. The van der Waals surface area contributed by atoms with E-state index < -0.39 is 10.8 Å². The maximum Gasteiger partial charge on any atom is 0.292 e. The SMILES string of the molecule is CCCCCOc1ccccc1C(=O)NC(=S)Nc1ccc(C)cc1[N+](=O)[O-]. The lowest BCUT2D eigenvalue weighted by molar-refractivity contribution is -0.383. The zero-order chi connectivity index (χ0) is 20.5. The van der Waals surface area contributed by atoms with Gasteiger partial charge in [-0.15, -0.1) is 0 Å². The summed E-state index contributed by atoms with van der Waals surface area (Å²) in [7, 11) is 0. The maximum atomic E-state index is 12.6. The first-order chi connectivity index (χ1) is 13.4. The Hall–Kier alpha value is -3.00. The number of hydrogen-bond acceptors (Lipinski definition) is 5. The molecule has 0 fully saturated rings. The van der Waals surface area contributed by atoms with Crippen LogP contribution in [0.15, 0.2) is 42.5 Å². The van der Waals surface area contributed by atoms with Crippen molar-refractivity contribution in [1.29, 1.82) is 0 Å². The van der Waals surface area contributed by atoms with Crippen LogP contribution < -0.4 is 15.4 Å². The van der Waals surface area contributed by atoms with Crippen LogP contribution in [-0.2, 0) is 0 Å². The highest BCUT2D eigenvalue weighted by Gasteiger charge is 2.17. The molecule has 2 aromatic rings. The minimum absolute atomic E-state index is 0.0299. The number of nitrogens with zero attached hydrogens (tertiary/aromatic N) is 1. The van der Waals surface area contributed by atoms with Gasteiger partial charge >= 0.3 is 0 Å². The van der Waals surface area contributed by atoms with Crippen LogP contribution in [0.5, 0.6) is 5.75 Å². The molecule has 0 aliphatic rings. The summed E-state index contributed by atoms with van der Waals surface area (Å²) in [6.45, 7) is 4.39. The molecule has 1 amide bonds. The third-order valence-corrected chi connectivity index (χ3v) is 4.17. The van der Waals surface area contributed by atoms with Crippen LogP contribution in [0.25, 0.3) is 0 Å². The number of unbranched alkanes of at least 4 members (excludes halogenated alkanes) is 2. The second-order valence-corrected chi connectivity index (χ2v) is 6.65. The van der Waals surface area contributed by atoms with Gasteiger partial charge < -0.3 is 10.1 Å². The standard InChI is InChI=1S/C20H23N3O4S/c1-3-4-7-12-27-18-9-6-5-8-15(18)19(24)22-20(28)21-16-11-10-14(2)13-17(16)23(25)26/h5-6,8-11,13H,3-4,7,12H2,1-2H3,(H2,21,22,24,28). The first kappa shape index (κ1) is 21.3. The van der Waals surface area contributed by atoms with Crippen LogP contribution in [0.2, 0.25) is 0 Å². The molecule has 28 heavy (non-hydrogen) atoms.